The van der Waals surface area contributed by atoms with E-state index in [4.69, 9.17) is 9.47 Å². The first-order chi connectivity index (χ1) is 7.36. The Kier molecular flexibility index (Phi) is 3.97. The molecule has 2 aliphatic heterocycles. The summed E-state index contributed by atoms with van der Waals surface area (Å²) in [5.74, 6) is 0.576. The van der Waals surface area contributed by atoms with Crippen LogP contribution in [0.1, 0.15) is 19.3 Å². The number of rotatable bonds is 3. The van der Waals surface area contributed by atoms with Gasteiger partial charge >= 0.3 is 5.97 Å². The summed E-state index contributed by atoms with van der Waals surface area (Å²) in [5, 5.41) is 3.26. The first-order valence-electron chi connectivity index (χ1n) is 5.81. The molecule has 0 radical (unpaired) electrons. The van der Waals surface area contributed by atoms with E-state index in [1.807, 2.05) is 0 Å². The molecule has 0 aliphatic carbocycles. The van der Waals surface area contributed by atoms with Gasteiger partial charge < -0.3 is 14.8 Å². The molecule has 4 heteroatoms. The Morgan fingerprint density at radius 1 is 1.33 bits per heavy atom. The maximum atomic E-state index is 11.7. The maximum Gasteiger partial charge on any atom is 0.309 e. The van der Waals surface area contributed by atoms with E-state index in [2.05, 4.69) is 5.32 Å². The van der Waals surface area contributed by atoms with E-state index < -0.39 is 0 Å². The molecule has 2 rings (SSSR count). The molecule has 0 amide bonds. The molecule has 0 aromatic rings. The Labute approximate surface area is 90.3 Å². The minimum absolute atomic E-state index is 0.0230. The monoisotopic (exact) mass is 213 g/mol. The Hall–Kier alpha value is -0.610. The molecule has 2 heterocycles. The standard InChI is InChI=1S/C11H19NO3/c13-11(10-2-5-14-6-3-10)15-8-9-1-4-12-7-9/h9-10,12H,1-8H2/t9-/m0/s1. The second kappa shape index (κ2) is 5.47. The van der Waals surface area contributed by atoms with Crippen LogP contribution in [0.15, 0.2) is 0 Å². The molecular weight excluding hydrogens is 194 g/mol. The third-order valence-corrected chi connectivity index (χ3v) is 3.18. The lowest BCUT2D eigenvalue weighted by Gasteiger charge is -2.21. The Bertz CT molecular complexity index is 208. The molecule has 86 valence electrons. The van der Waals surface area contributed by atoms with Crippen molar-refractivity contribution in [2.24, 2.45) is 11.8 Å². The zero-order chi connectivity index (χ0) is 10.5. The van der Waals surface area contributed by atoms with Crippen molar-refractivity contribution in [3.63, 3.8) is 0 Å². The van der Waals surface area contributed by atoms with E-state index in [1.165, 1.54) is 0 Å². The van der Waals surface area contributed by atoms with Crippen LogP contribution < -0.4 is 5.32 Å². The highest BCUT2D eigenvalue weighted by Gasteiger charge is 2.24. The number of ether oxygens (including phenoxy) is 2. The summed E-state index contributed by atoms with van der Waals surface area (Å²) in [5.41, 5.74) is 0. The van der Waals surface area contributed by atoms with Crippen LogP contribution in [0, 0.1) is 11.8 Å². The van der Waals surface area contributed by atoms with E-state index in [0.717, 1.165) is 32.4 Å². The molecule has 2 fully saturated rings. The molecule has 4 nitrogen and oxygen atoms in total. The van der Waals surface area contributed by atoms with Gasteiger partial charge in [0.15, 0.2) is 0 Å². The molecule has 0 saturated carbocycles. The lowest BCUT2D eigenvalue weighted by molar-refractivity contribution is -0.152. The van der Waals surface area contributed by atoms with E-state index in [0.29, 0.717) is 25.7 Å². The van der Waals surface area contributed by atoms with E-state index in [1.54, 1.807) is 0 Å². The molecule has 0 aromatic heterocycles. The first-order valence-corrected chi connectivity index (χ1v) is 5.81. The SMILES string of the molecule is O=C(OC[C@H]1CCNC1)C1CCOCC1. The fourth-order valence-electron chi connectivity index (χ4n) is 2.11. The molecule has 0 aromatic carbocycles. The predicted octanol–water partition coefficient (Wildman–Crippen LogP) is 0.566. The number of carbonyl (C=O) groups is 1. The van der Waals surface area contributed by atoms with Gasteiger partial charge in [-0.25, -0.2) is 0 Å². The number of hydrogen-bond acceptors (Lipinski definition) is 4. The van der Waals surface area contributed by atoms with E-state index in [-0.39, 0.29) is 11.9 Å². The second-order valence-electron chi connectivity index (χ2n) is 4.38. The van der Waals surface area contributed by atoms with Gasteiger partial charge in [0.2, 0.25) is 0 Å². The van der Waals surface area contributed by atoms with E-state index in [9.17, 15) is 4.79 Å². The molecular formula is C11H19NO3. The lowest BCUT2D eigenvalue weighted by Crippen LogP contribution is -2.27. The Balaban J connectivity index is 1.66. The summed E-state index contributed by atoms with van der Waals surface area (Å²) < 4.78 is 10.5. The zero-order valence-corrected chi connectivity index (χ0v) is 9.04. The maximum absolute atomic E-state index is 11.7. The highest BCUT2D eigenvalue weighted by Crippen LogP contribution is 2.17. The number of nitrogens with one attached hydrogen (secondary N) is 1. The van der Waals surface area contributed by atoms with E-state index >= 15 is 0 Å². The molecule has 0 bridgehead atoms. The van der Waals surface area contributed by atoms with Crippen LogP contribution in [0.3, 0.4) is 0 Å². The Morgan fingerprint density at radius 3 is 2.80 bits per heavy atom. The molecule has 2 saturated heterocycles. The molecule has 15 heavy (non-hydrogen) atoms. The Morgan fingerprint density at radius 2 is 2.13 bits per heavy atom. The largest absolute Gasteiger partial charge is 0.465 e. The topological polar surface area (TPSA) is 47.6 Å². The van der Waals surface area contributed by atoms with Crippen molar-refractivity contribution >= 4 is 5.97 Å². The average molecular weight is 213 g/mol. The molecule has 2 aliphatic rings. The van der Waals surface area contributed by atoms with Gasteiger partial charge in [-0.3, -0.25) is 4.79 Å². The quantitative estimate of drug-likeness (QED) is 0.696. The molecule has 1 N–H and O–H groups in total. The minimum Gasteiger partial charge on any atom is -0.465 e. The van der Waals surface area contributed by atoms with Gasteiger partial charge in [-0.15, -0.1) is 0 Å². The van der Waals surface area contributed by atoms with Crippen LogP contribution in [0.25, 0.3) is 0 Å². The summed E-state index contributed by atoms with van der Waals surface area (Å²) in [7, 11) is 0. The van der Waals surface area contributed by atoms with Crippen LogP contribution in [0.4, 0.5) is 0 Å². The highest BCUT2D eigenvalue weighted by atomic mass is 16.5. The lowest BCUT2D eigenvalue weighted by atomic mass is 10.0. The fraction of sp³-hybridized carbons (Fsp3) is 0.909. The summed E-state index contributed by atoms with van der Waals surface area (Å²) in [4.78, 5) is 11.7. The summed E-state index contributed by atoms with van der Waals surface area (Å²) in [6.45, 7) is 4.03. The van der Waals surface area contributed by atoms with Gasteiger partial charge in [-0.05, 0) is 25.8 Å². The van der Waals surface area contributed by atoms with Crippen molar-refractivity contribution in [1.29, 1.82) is 0 Å². The van der Waals surface area contributed by atoms with Crippen molar-refractivity contribution < 1.29 is 14.3 Å². The second-order valence-corrected chi connectivity index (χ2v) is 4.38. The predicted molar refractivity (Wildman–Crippen MR) is 55.5 cm³/mol. The van der Waals surface area contributed by atoms with Gasteiger partial charge in [0.25, 0.3) is 0 Å². The number of carbonyl (C=O) groups excluding carboxylic acids is 1. The first kappa shape index (κ1) is 10.9. The van der Waals surface area contributed by atoms with Crippen LogP contribution in [0.2, 0.25) is 0 Å². The average Bonchev–Trinajstić information content (AvgIpc) is 2.80. The summed E-state index contributed by atoms with van der Waals surface area (Å²) in [6, 6.07) is 0. The van der Waals surface area contributed by atoms with Gasteiger partial charge in [-0.1, -0.05) is 0 Å². The van der Waals surface area contributed by atoms with Gasteiger partial charge in [0, 0.05) is 25.7 Å². The zero-order valence-electron chi connectivity index (χ0n) is 9.04. The highest BCUT2D eigenvalue weighted by molar-refractivity contribution is 5.72. The normalized spacial score (nSPS) is 27.9. The molecule has 0 spiro atoms. The van der Waals surface area contributed by atoms with Crippen LogP contribution >= 0.6 is 0 Å². The van der Waals surface area contributed by atoms with Crippen LogP contribution in [-0.2, 0) is 14.3 Å². The van der Waals surface area contributed by atoms with Crippen LogP contribution in [-0.4, -0.2) is 38.9 Å². The molecule has 1 atom stereocenters. The van der Waals surface area contributed by atoms with Gasteiger partial charge in [0.05, 0.1) is 12.5 Å². The van der Waals surface area contributed by atoms with Crippen molar-refractivity contribution in [3.05, 3.63) is 0 Å². The number of hydrogen-bond donors (Lipinski definition) is 1. The summed E-state index contributed by atoms with van der Waals surface area (Å²) >= 11 is 0. The minimum atomic E-state index is -0.0230. The van der Waals surface area contributed by atoms with Gasteiger partial charge in [-0.2, -0.15) is 0 Å². The van der Waals surface area contributed by atoms with Crippen LogP contribution in [0.5, 0.6) is 0 Å². The van der Waals surface area contributed by atoms with Crippen molar-refractivity contribution in [2.45, 2.75) is 19.3 Å². The van der Waals surface area contributed by atoms with Crippen molar-refractivity contribution in [3.8, 4) is 0 Å². The van der Waals surface area contributed by atoms with Crippen molar-refractivity contribution in [2.75, 3.05) is 32.9 Å². The smallest absolute Gasteiger partial charge is 0.309 e. The molecule has 0 unspecified atom stereocenters. The summed E-state index contributed by atoms with van der Waals surface area (Å²) in [6.07, 6.45) is 2.77. The van der Waals surface area contributed by atoms with Gasteiger partial charge in [0.1, 0.15) is 0 Å². The third kappa shape index (κ3) is 3.18. The third-order valence-electron chi connectivity index (χ3n) is 3.18. The number of esters is 1. The fourth-order valence-corrected chi connectivity index (χ4v) is 2.11. The van der Waals surface area contributed by atoms with Crippen molar-refractivity contribution in [1.82, 2.24) is 5.32 Å².